The molecule has 0 aromatic heterocycles. The quantitative estimate of drug-likeness (QED) is 0.943. The number of nitrogens with one attached hydrogen (secondary N) is 1. The van der Waals surface area contributed by atoms with Crippen LogP contribution in [0.25, 0.3) is 0 Å². The van der Waals surface area contributed by atoms with Crippen LogP contribution in [0.5, 0.6) is 5.75 Å². The average Bonchev–Trinajstić information content (AvgIpc) is 2.37. The van der Waals surface area contributed by atoms with Gasteiger partial charge in [0.1, 0.15) is 11.6 Å². The van der Waals surface area contributed by atoms with E-state index < -0.39 is 15.8 Å². The van der Waals surface area contributed by atoms with Crippen molar-refractivity contribution in [3.05, 3.63) is 53.3 Å². The lowest BCUT2D eigenvalue weighted by molar-refractivity contribution is 0.417. The van der Waals surface area contributed by atoms with Crippen LogP contribution in [-0.4, -0.2) is 15.5 Å². The molecule has 4 nitrogen and oxygen atoms in total. The highest BCUT2D eigenvalue weighted by atomic mass is 32.2. The molecule has 2 aromatic carbocycles. The van der Waals surface area contributed by atoms with E-state index in [2.05, 4.69) is 4.72 Å². The van der Waals surface area contributed by atoms with Crippen LogP contribution in [0.15, 0.2) is 41.3 Å². The first-order valence-electron chi connectivity index (χ1n) is 6.27. The Morgan fingerprint density at radius 3 is 2.43 bits per heavy atom. The van der Waals surface area contributed by atoms with Crippen LogP contribution in [0.3, 0.4) is 0 Å². The molecule has 1 N–H and O–H groups in total. The second-order valence-corrected chi connectivity index (χ2v) is 6.37. The Bertz CT molecular complexity index is 772. The van der Waals surface area contributed by atoms with Crippen molar-refractivity contribution in [2.24, 2.45) is 0 Å². The number of sulfonamides is 1. The second kappa shape index (κ2) is 5.73. The van der Waals surface area contributed by atoms with Gasteiger partial charge in [0, 0.05) is 0 Å². The van der Waals surface area contributed by atoms with Crippen molar-refractivity contribution in [3.63, 3.8) is 0 Å². The summed E-state index contributed by atoms with van der Waals surface area (Å²) in [7, 11) is -2.34. The molecule has 0 saturated carbocycles. The van der Waals surface area contributed by atoms with Gasteiger partial charge in [-0.1, -0.05) is 6.07 Å². The third-order valence-corrected chi connectivity index (χ3v) is 4.55. The van der Waals surface area contributed by atoms with Crippen molar-refractivity contribution < 1.29 is 17.5 Å². The number of benzene rings is 2. The standard InChI is InChI=1S/C15H16FNO3S/c1-10-4-6-14(20-3)13(8-10)17-21(18,19)15-7-5-12(16)9-11(15)2/h4-9,17H,1-3H3. The van der Waals surface area contributed by atoms with Gasteiger partial charge in [-0.05, 0) is 55.3 Å². The summed E-state index contributed by atoms with van der Waals surface area (Å²) in [6, 6.07) is 8.73. The largest absolute Gasteiger partial charge is 0.495 e. The second-order valence-electron chi connectivity index (χ2n) is 4.72. The van der Waals surface area contributed by atoms with E-state index in [0.717, 1.165) is 11.6 Å². The van der Waals surface area contributed by atoms with Crippen LogP contribution in [0.1, 0.15) is 11.1 Å². The van der Waals surface area contributed by atoms with Crippen molar-refractivity contribution in [1.29, 1.82) is 0 Å². The van der Waals surface area contributed by atoms with Crippen molar-refractivity contribution in [1.82, 2.24) is 0 Å². The highest BCUT2D eigenvalue weighted by Crippen LogP contribution is 2.28. The van der Waals surface area contributed by atoms with Crippen LogP contribution < -0.4 is 9.46 Å². The number of methoxy groups -OCH3 is 1. The van der Waals surface area contributed by atoms with E-state index in [1.165, 1.54) is 19.2 Å². The SMILES string of the molecule is COc1ccc(C)cc1NS(=O)(=O)c1ccc(F)cc1C. The van der Waals surface area contributed by atoms with Gasteiger partial charge in [0.2, 0.25) is 0 Å². The maximum Gasteiger partial charge on any atom is 0.262 e. The third kappa shape index (κ3) is 3.33. The van der Waals surface area contributed by atoms with Crippen LogP contribution in [-0.2, 0) is 10.0 Å². The molecule has 0 atom stereocenters. The molecule has 0 spiro atoms. The fourth-order valence-electron chi connectivity index (χ4n) is 2.02. The topological polar surface area (TPSA) is 55.4 Å². The molecule has 0 amide bonds. The Hall–Kier alpha value is -2.08. The zero-order chi connectivity index (χ0) is 15.6. The molecule has 112 valence electrons. The van der Waals surface area contributed by atoms with E-state index in [4.69, 9.17) is 4.74 Å². The molecule has 0 saturated heterocycles. The molecule has 0 aliphatic carbocycles. The fraction of sp³-hybridized carbons (Fsp3) is 0.200. The maximum atomic E-state index is 13.1. The third-order valence-electron chi connectivity index (χ3n) is 3.03. The predicted octanol–water partition coefficient (Wildman–Crippen LogP) is 3.25. The predicted molar refractivity (Wildman–Crippen MR) is 79.7 cm³/mol. The number of ether oxygens (including phenoxy) is 1. The lowest BCUT2D eigenvalue weighted by Gasteiger charge is -2.13. The maximum absolute atomic E-state index is 13.1. The lowest BCUT2D eigenvalue weighted by atomic mass is 10.2. The average molecular weight is 309 g/mol. The molecule has 21 heavy (non-hydrogen) atoms. The normalized spacial score (nSPS) is 11.2. The molecule has 6 heteroatoms. The number of halogens is 1. The minimum absolute atomic E-state index is 0.0347. The first-order valence-corrected chi connectivity index (χ1v) is 7.75. The monoisotopic (exact) mass is 309 g/mol. The summed E-state index contributed by atoms with van der Waals surface area (Å²) in [6.07, 6.45) is 0. The van der Waals surface area contributed by atoms with E-state index in [1.807, 2.05) is 13.0 Å². The Morgan fingerprint density at radius 2 is 1.81 bits per heavy atom. The Balaban J connectivity index is 2.44. The summed E-state index contributed by atoms with van der Waals surface area (Å²) in [6.45, 7) is 3.39. The van der Waals surface area contributed by atoms with E-state index >= 15 is 0 Å². The molecule has 2 aromatic rings. The molecule has 2 rings (SSSR count). The van der Waals surface area contributed by atoms with Crippen molar-refractivity contribution in [3.8, 4) is 5.75 Å². The summed E-state index contributed by atoms with van der Waals surface area (Å²) < 4.78 is 45.6. The van der Waals surface area contributed by atoms with Crippen molar-refractivity contribution in [2.75, 3.05) is 11.8 Å². The van der Waals surface area contributed by atoms with Crippen LogP contribution in [0, 0.1) is 19.7 Å². The van der Waals surface area contributed by atoms with E-state index in [9.17, 15) is 12.8 Å². The Labute approximate surface area is 123 Å². The molecular weight excluding hydrogens is 293 g/mol. The molecule has 0 bridgehead atoms. The van der Waals surface area contributed by atoms with Gasteiger partial charge < -0.3 is 4.74 Å². The van der Waals surface area contributed by atoms with E-state index in [-0.39, 0.29) is 4.90 Å². The fourth-order valence-corrected chi connectivity index (χ4v) is 3.30. The van der Waals surface area contributed by atoms with Gasteiger partial charge in [-0.3, -0.25) is 4.72 Å². The highest BCUT2D eigenvalue weighted by Gasteiger charge is 2.19. The van der Waals surface area contributed by atoms with E-state index in [0.29, 0.717) is 17.0 Å². The summed E-state index contributed by atoms with van der Waals surface area (Å²) in [5.41, 5.74) is 1.58. The number of rotatable bonds is 4. The number of hydrogen-bond donors (Lipinski definition) is 1. The van der Waals surface area contributed by atoms with Gasteiger partial charge in [0.05, 0.1) is 17.7 Å². The summed E-state index contributed by atoms with van der Waals surface area (Å²) in [4.78, 5) is 0.0347. The van der Waals surface area contributed by atoms with Gasteiger partial charge in [-0.25, -0.2) is 12.8 Å². The molecular formula is C15H16FNO3S. The summed E-state index contributed by atoms with van der Waals surface area (Å²) in [5.74, 6) is -0.0523. The van der Waals surface area contributed by atoms with Crippen molar-refractivity contribution >= 4 is 15.7 Å². The molecule has 0 aliphatic rings. The molecule has 0 aliphatic heterocycles. The smallest absolute Gasteiger partial charge is 0.262 e. The first-order chi connectivity index (χ1) is 9.83. The Morgan fingerprint density at radius 1 is 1.10 bits per heavy atom. The molecule has 0 unspecified atom stereocenters. The minimum Gasteiger partial charge on any atom is -0.495 e. The van der Waals surface area contributed by atoms with Crippen LogP contribution >= 0.6 is 0 Å². The summed E-state index contributed by atoms with van der Waals surface area (Å²) in [5, 5.41) is 0. The van der Waals surface area contributed by atoms with Gasteiger partial charge in [0.15, 0.2) is 0 Å². The first kappa shape index (κ1) is 15.3. The zero-order valence-corrected chi connectivity index (χ0v) is 12.8. The molecule has 0 heterocycles. The van der Waals surface area contributed by atoms with Gasteiger partial charge in [-0.15, -0.1) is 0 Å². The number of hydrogen-bond acceptors (Lipinski definition) is 3. The highest BCUT2D eigenvalue weighted by molar-refractivity contribution is 7.92. The van der Waals surface area contributed by atoms with Crippen LogP contribution in [0.4, 0.5) is 10.1 Å². The minimum atomic E-state index is -3.81. The number of anilines is 1. The number of aryl methyl sites for hydroxylation is 2. The van der Waals surface area contributed by atoms with Gasteiger partial charge >= 0.3 is 0 Å². The summed E-state index contributed by atoms with van der Waals surface area (Å²) >= 11 is 0. The molecule has 0 radical (unpaired) electrons. The van der Waals surface area contributed by atoms with Gasteiger partial charge in [-0.2, -0.15) is 0 Å². The lowest BCUT2D eigenvalue weighted by Crippen LogP contribution is -2.15. The zero-order valence-electron chi connectivity index (χ0n) is 12.0. The Kier molecular flexibility index (Phi) is 4.18. The van der Waals surface area contributed by atoms with Crippen LogP contribution in [0.2, 0.25) is 0 Å². The van der Waals surface area contributed by atoms with Gasteiger partial charge in [0.25, 0.3) is 10.0 Å². The van der Waals surface area contributed by atoms with E-state index in [1.54, 1.807) is 19.1 Å². The van der Waals surface area contributed by atoms with Crippen molar-refractivity contribution in [2.45, 2.75) is 18.7 Å². The molecule has 0 fully saturated rings.